The SMILES string of the molecule is Cn1ccc(NC(=O)c2cc(C(C)(C)C)c(O)c(C(C)(C)C)c2)n1. The molecule has 0 aliphatic heterocycles. The van der Waals surface area contributed by atoms with Gasteiger partial charge in [0.2, 0.25) is 0 Å². The first-order valence-electron chi connectivity index (χ1n) is 8.08. The summed E-state index contributed by atoms with van der Waals surface area (Å²) >= 11 is 0. The molecule has 5 nitrogen and oxygen atoms in total. The van der Waals surface area contributed by atoms with Gasteiger partial charge in [0.25, 0.3) is 5.91 Å². The molecular formula is C19H27N3O2. The predicted octanol–water partition coefficient (Wildman–Crippen LogP) is 3.97. The first-order chi connectivity index (χ1) is 10.9. The van der Waals surface area contributed by atoms with Crippen LogP contribution in [0.5, 0.6) is 5.75 Å². The number of nitrogens with one attached hydrogen (secondary N) is 1. The van der Waals surface area contributed by atoms with Crippen LogP contribution in [0, 0.1) is 0 Å². The molecule has 0 spiro atoms. The number of hydrogen-bond donors (Lipinski definition) is 2. The smallest absolute Gasteiger partial charge is 0.256 e. The molecule has 0 atom stereocenters. The number of amides is 1. The highest BCUT2D eigenvalue weighted by Gasteiger charge is 2.27. The van der Waals surface area contributed by atoms with Crippen LogP contribution in [0.3, 0.4) is 0 Å². The largest absolute Gasteiger partial charge is 0.507 e. The van der Waals surface area contributed by atoms with Crippen LogP contribution in [0.1, 0.15) is 63.0 Å². The number of hydrogen-bond acceptors (Lipinski definition) is 3. The molecule has 1 aromatic heterocycles. The van der Waals surface area contributed by atoms with Crippen molar-refractivity contribution in [3.63, 3.8) is 0 Å². The monoisotopic (exact) mass is 329 g/mol. The minimum atomic E-state index is -0.272. The van der Waals surface area contributed by atoms with E-state index in [4.69, 9.17) is 0 Å². The molecule has 0 aliphatic rings. The van der Waals surface area contributed by atoms with Gasteiger partial charge in [-0.25, -0.2) is 0 Å². The van der Waals surface area contributed by atoms with Gasteiger partial charge in [0.05, 0.1) is 0 Å². The number of phenolic OH excluding ortho intramolecular Hbond substituents is 1. The maximum absolute atomic E-state index is 12.7. The zero-order chi connectivity index (χ0) is 18.3. The molecule has 0 saturated heterocycles. The second kappa shape index (κ2) is 5.96. The van der Waals surface area contributed by atoms with Crippen molar-refractivity contribution in [3.05, 3.63) is 41.1 Å². The molecule has 0 fully saturated rings. The number of carbonyl (C=O) groups is 1. The van der Waals surface area contributed by atoms with Gasteiger partial charge >= 0.3 is 0 Å². The van der Waals surface area contributed by atoms with Crippen molar-refractivity contribution in [1.82, 2.24) is 9.78 Å². The maximum Gasteiger partial charge on any atom is 0.256 e. The van der Waals surface area contributed by atoms with E-state index >= 15 is 0 Å². The Morgan fingerprint density at radius 2 is 1.58 bits per heavy atom. The van der Waals surface area contributed by atoms with Gasteiger partial charge in [-0.15, -0.1) is 0 Å². The first-order valence-corrected chi connectivity index (χ1v) is 8.08. The molecule has 1 heterocycles. The Morgan fingerprint density at radius 1 is 1.08 bits per heavy atom. The number of rotatable bonds is 2. The Hall–Kier alpha value is -2.30. The lowest BCUT2D eigenvalue weighted by molar-refractivity contribution is 0.102. The van der Waals surface area contributed by atoms with Gasteiger partial charge in [0.15, 0.2) is 5.82 Å². The van der Waals surface area contributed by atoms with Gasteiger partial charge in [0, 0.05) is 36.0 Å². The fourth-order valence-corrected chi connectivity index (χ4v) is 2.58. The summed E-state index contributed by atoms with van der Waals surface area (Å²) in [5.41, 5.74) is 1.51. The van der Waals surface area contributed by atoms with Crippen molar-refractivity contribution in [2.75, 3.05) is 5.32 Å². The van der Waals surface area contributed by atoms with Gasteiger partial charge in [-0.2, -0.15) is 5.10 Å². The van der Waals surface area contributed by atoms with Crippen LogP contribution in [0.2, 0.25) is 0 Å². The summed E-state index contributed by atoms with van der Waals surface area (Å²) in [5.74, 6) is 0.541. The number of carbonyl (C=O) groups excluding carboxylic acids is 1. The zero-order valence-corrected chi connectivity index (χ0v) is 15.6. The Balaban J connectivity index is 2.51. The van der Waals surface area contributed by atoms with E-state index in [1.54, 1.807) is 36.1 Å². The molecule has 0 saturated carbocycles. The predicted molar refractivity (Wildman–Crippen MR) is 96.7 cm³/mol. The van der Waals surface area contributed by atoms with E-state index in [1.807, 2.05) is 41.5 Å². The standard InChI is InChI=1S/C19H27N3O2/c1-18(2,3)13-10-12(11-14(16(13)23)19(4,5)6)17(24)20-15-8-9-22(7)21-15/h8-11,23H,1-7H3,(H,20,21,24). The molecule has 0 aliphatic carbocycles. The van der Waals surface area contributed by atoms with Crippen LogP contribution in [0.25, 0.3) is 0 Å². The molecule has 1 aromatic carbocycles. The third-order valence-electron chi connectivity index (χ3n) is 3.94. The normalized spacial score (nSPS) is 12.3. The van der Waals surface area contributed by atoms with Crippen molar-refractivity contribution >= 4 is 11.7 Å². The first kappa shape index (κ1) is 18.0. The van der Waals surface area contributed by atoms with E-state index in [0.717, 1.165) is 11.1 Å². The summed E-state index contributed by atoms with van der Waals surface area (Å²) in [6.45, 7) is 12.1. The zero-order valence-electron chi connectivity index (χ0n) is 15.6. The van der Waals surface area contributed by atoms with Crippen molar-refractivity contribution < 1.29 is 9.90 Å². The molecule has 130 valence electrons. The van der Waals surface area contributed by atoms with Gasteiger partial charge < -0.3 is 10.4 Å². The lowest BCUT2D eigenvalue weighted by atomic mass is 9.78. The number of phenols is 1. The summed E-state index contributed by atoms with van der Waals surface area (Å²) in [6, 6.07) is 5.28. The molecule has 2 rings (SSSR count). The van der Waals surface area contributed by atoms with Gasteiger partial charge in [-0.1, -0.05) is 41.5 Å². The Kier molecular flexibility index (Phi) is 4.48. The number of benzene rings is 1. The van der Waals surface area contributed by atoms with E-state index in [-0.39, 0.29) is 22.5 Å². The molecular weight excluding hydrogens is 302 g/mol. The molecule has 0 bridgehead atoms. The number of nitrogens with zero attached hydrogens (tertiary/aromatic N) is 2. The minimum Gasteiger partial charge on any atom is -0.507 e. The summed E-state index contributed by atoms with van der Waals surface area (Å²) in [4.78, 5) is 12.7. The number of aryl methyl sites for hydroxylation is 1. The van der Waals surface area contributed by atoms with Crippen molar-refractivity contribution in [2.45, 2.75) is 52.4 Å². The fraction of sp³-hybridized carbons (Fsp3) is 0.474. The van der Waals surface area contributed by atoms with E-state index in [2.05, 4.69) is 10.4 Å². The Morgan fingerprint density at radius 3 is 1.96 bits per heavy atom. The lowest BCUT2D eigenvalue weighted by Gasteiger charge is -2.28. The topological polar surface area (TPSA) is 67.2 Å². The van der Waals surface area contributed by atoms with E-state index in [9.17, 15) is 9.90 Å². The maximum atomic E-state index is 12.7. The van der Waals surface area contributed by atoms with Crippen molar-refractivity contribution in [3.8, 4) is 5.75 Å². The minimum absolute atomic E-state index is 0.232. The summed E-state index contributed by atoms with van der Waals surface area (Å²) < 4.78 is 1.63. The number of aromatic nitrogens is 2. The van der Waals surface area contributed by atoms with E-state index < -0.39 is 0 Å². The molecule has 1 amide bonds. The van der Waals surface area contributed by atoms with Crippen LogP contribution in [-0.2, 0) is 17.9 Å². The fourth-order valence-electron chi connectivity index (χ4n) is 2.58. The van der Waals surface area contributed by atoms with Crippen LogP contribution < -0.4 is 5.32 Å². The molecule has 0 unspecified atom stereocenters. The van der Waals surface area contributed by atoms with E-state index in [0.29, 0.717) is 11.4 Å². The number of anilines is 1. The second-order valence-corrected chi connectivity index (χ2v) is 8.25. The molecule has 2 aromatic rings. The van der Waals surface area contributed by atoms with E-state index in [1.165, 1.54) is 0 Å². The highest BCUT2D eigenvalue weighted by molar-refractivity contribution is 6.04. The second-order valence-electron chi connectivity index (χ2n) is 8.25. The highest BCUT2D eigenvalue weighted by Crippen LogP contribution is 2.39. The summed E-state index contributed by atoms with van der Waals surface area (Å²) in [6.07, 6.45) is 1.77. The summed E-state index contributed by atoms with van der Waals surface area (Å²) in [7, 11) is 1.80. The molecule has 2 N–H and O–H groups in total. The van der Waals surface area contributed by atoms with Gasteiger partial charge in [0.1, 0.15) is 5.75 Å². The molecule has 24 heavy (non-hydrogen) atoms. The van der Waals surface area contributed by atoms with Crippen molar-refractivity contribution in [2.24, 2.45) is 7.05 Å². The van der Waals surface area contributed by atoms with Gasteiger partial charge in [-0.3, -0.25) is 9.48 Å². The Bertz CT molecular complexity index is 727. The van der Waals surface area contributed by atoms with Crippen LogP contribution in [0.4, 0.5) is 5.82 Å². The quantitative estimate of drug-likeness (QED) is 0.876. The third-order valence-corrected chi connectivity index (χ3v) is 3.94. The highest BCUT2D eigenvalue weighted by atomic mass is 16.3. The molecule has 0 radical (unpaired) electrons. The Labute approximate surface area is 143 Å². The average Bonchev–Trinajstić information content (AvgIpc) is 2.81. The summed E-state index contributed by atoms with van der Waals surface area (Å²) in [5, 5.41) is 17.7. The average molecular weight is 329 g/mol. The van der Waals surface area contributed by atoms with Crippen LogP contribution in [-0.4, -0.2) is 20.8 Å². The van der Waals surface area contributed by atoms with Crippen LogP contribution >= 0.6 is 0 Å². The molecule has 5 heteroatoms. The third kappa shape index (κ3) is 3.78. The van der Waals surface area contributed by atoms with Crippen molar-refractivity contribution in [1.29, 1.82) is 0 Å². The van der Waals surface area contributed by atoms with Crippen LogP contribution in [0.15, 0.2) is 24.4 Å². The lowest BCUT2D eigenvalue weighted by Crippen LogP contribution is -2.20. The van der Waals surface area contributed by atoms with Gasteiger partial charge in [-0.05, 0) is 23.0 Å². The number of aromatic hydroxyl groups is 1.